The van der Waals surface area contributed by atoms with Gasteiger partial charge in [0.1, 0.15) is 12.6 Å². The smallest absolute Gasteiger partial charge is 0.408 e. The molecule has 0 heterocycles. The summed E-state index contributed by atoms with van der Waals surface area (Å²) in [6.45, 7) is 12.1. The highest BCUT2D eigenvalue weighted by Crippen LogP contribution is 2.19. The lowest BCUT2D eigenvalue weighted by molar-refractivity contribution is -0.146. The van der Waals surface area contributed by atoms with E-state index >= 15 is 0 Å². The number of carboxylic acid groups (broad SMARTS) is 1. The largest absolute Gasteiger partial charge is 0.480 e. The van der Waals surface area contributed by atoms with Crippen LogP contribution in [0, 0.1) is 41.5 Å². The first kappa shape index (κ1) is 49.5. The van der Waals surface area contributed by atoms with Gasteiger partial charge >= 0.3 is 24.0 Å². The van der Waals surface area contributed by atoms with Gasteiger partial charge in [-0.1, -0.05) is 126 Å². The molecule has 0 spiro atoms. The first-order valence-corrected chi connectivity index (χ1v) is 20.7. The van der Waals surface area contributed by atoms with Gasteiger partial charge in [-0.3, -0.25) is 9.59 Å². The van der Waals surface area contributed by atoms with Gasteiger partial charge in [-0.15, -0.1) is 0 Å². The predicted octanol–water partition coefficient (Wildman–Crippen LogP) is 7.82. The number of esters is 2. The van der Waals surface area contributed by atoms with Gasteiger partial charge in [-0.05, 0) is 87.4 Å². The number of benzene rings is 5. The van der Waals surface area contributed by atoms with E-state index in [1.54, 1.807) is 6.92 Å². The Morgan fingerprint density at radius 3 is 1.38 bits per heavy atom. The number of carbonyl (C=O) groups excluding carboxylic acids is 5. The molecule has 0 fully saturated rings. The van der Waals surface area contributed by atoms with Gasteiger partial charge in [0.05, 0.1) is 23.8 Å². The Balaban J connectivity index is 0.000000290. The summed E-state index contributed by atoms with van der Waals surface area (Å²) < 4.78 is 21.2. The molecule has 0 saturated heterocycles. The number of aliphatic carboxylic acids is 1. The monoisotopic (exact) mass is 872 g/mol. The summed E-state index contributed by atoms with van der Waals surface area (Å²) in [6.07, 6.45) is -1.46. The van der Waals surface area contributed by atoms with Crippen LogP contribution in [0.1, 0.15) is 77.7 Å². The molecule has 3 atom stereocenters. The molecule has 2 amide bonds. The SMILES string of the molecule is C[C@@H](OCc1ccccc1)[C@H](NC(=O)[C@H](Cc1ccccc1)NC(=O)OCc1ccccc1)C(=O)O.Cc1cc(C)c(C(=O)OCC(=O)COC(=O)c2c(C)cc(C)cc2C)c(C)c1. The molecular formula is C51H56N2O11. The van der Waals surface area contributed by atoms with Gasteiger partial charge in [0, 0.05) is 6.42 Å². The minimum absolute atomic E-state index is 0.0362. The molecule has 5 rings (SSSR count). The number of aryl methyl sites for hydroxylation is 6. The van der Waals surface area contributed by atoms with Crippen LogP contribution < -0.4 is 10.6 Å². The molecule has 0 unspecified atom stereocenters. The second-order valence-electron chi connectivity index (χ2n) is 15.5. The number of nitrogens with one attached hydrogen (secondary N) is 2. The Bertz CT molecular complexity index is 2260. The topological polar surface area (TPSA) is 184 Å². The Kier molecular flexibility index (Phi) is 19.0. The molecule has 0 aliphatic heterocycles. The van der Waals surface area contributed by atoms with Crippen LogP contribution in [0.15, 0.2) is 115 Å². The van der Waals surface area contributed by atoms with E-state index in [0.717, 1.165) is 50.1 Å². The first-order valence-electron chi connectivity index (χ1n) is 20.7. The van der Waals surface area contributed by atoms with E-state index in [1.807, 2.05) is 157 Å². The molecule has 13 heteroatoms. The van der Waals surface area contributed by atoms with Gasteiger partial charge in [0.15, 0.2) is 19.3 Å². The standard InChI is InChI=1S/C28H30N2O6.C23H26O5/c1-20(35-18-22-13-7-3-8-14-22)25(27(32)33)30-26(31)24(17-21-11-5-2-6-12-21)29-28(34)36-19-23-15-9-4-10-16-23;1-13-7-15(3)20(16(4)8-13)22(25)27-11-19(24)12-28-23(26)21-17(5)9-14(2)10-18(21)6/h2-16,20,24-25H,17-19H2,1H3,(H,29,34)(H,30,31)(H,32,33);7-10H,11-12H2,1-6H3/t20-,24+,25+;/m1./s1. The minimum Gasteiger partial charge on any atom is -0.480 e. The van der Waals surface area contributed by atoms with E-state index < -0.39 is 67.1 Å². The first-order chi connectivity index (χ1) is 30.5. The van der Waals surface area contributed by atoms with Crippen molar-refractivity contribution in [3.05, 3.63) is 176 Å². The fourth-order valence-corrected chi connectivity index (χ4v) is 6.98. The lowest BCUT2D eigenvalue weighted by Gasteiger charge is -2.25. The van der Waals surface area contributed by atoms with E-state index in [1.165, 1.54) is 0 Å². The maximum atomic E-state index is 13.2. The zero-order valence-corrected chi connectivity index (χ0v) is 37.3. The fraction of sp³-hybridized carbons (Fsp3) is 0.294. The maximum absolute atomic E-state index is 13.2. The van der Waals surface area contributed by atoms with E-state index in [4.69, 9.17) is 18.9 Å². The van der Waals surface area contributed by atoms with Gasteiger partial charge in [-0.25, -0.2) is 19.2 Å². The van der Waals surface area contributed by atoms with Crippen LogP contribution in [-0.4, -0.2) is 72.2 Å². The summed E-state index contributed by atoms with van der Waals surface area (Å²) in [4.78, 5) is 74.2. The van der Waals surface area contributed by atoms with Gasteiger partial charge < -0.3 is 34.7 Å². The third kappa shape index (κ3) is 15.7. The third-order valence-electron chi connectivity index (χ3n) is 9.98. The van der Waals surface area contributed by atoms with E-state index in [2.05, 4.69) is 10.6 Å². The molecule has 5 aromatic rings. The molecule has 0 radical (unpaired) electrons. The van der Waals surface area contributed by atoms with Crippen LogP contribution in [-0.2, 0) is 53.0 Å². The zero-order chi connectivity index (χ0) is 46.8. The number of rotatable bonds is 18. The zero-order valence-electron chi connectivity index (χ0n) is 37.3. The van der Waals surface area contributed by atoms with Crippen molar-refractivity contribution in [1.82, 2.24) is 10.6 Å². The molecule has 0 bridgehead atoms. The molecule has 5 aromatic carbocycles. The van der Waals surface area contributed by atoms with Gasteiger partial charge in [0.2, 0.25) is 11.7 Å². The quantitative estimate of drug-likeness (QED) is 0.0577. The second kappa shape index (κ2) is 24.5. The highest BCUT2D eigenvalue weighted by atomic mass is 16.6. The Morgan fingerprint density at radius 2 is 0.953 bits per heavy atom. The average Bonchev–Trinajstić information content (AvgIpc) is 3.25. The summed E-state index contributed by atoms with van der Waals surface area (Å²) in [5, 5.41) is 14.8. The summed E-state index contributed by atoms with van der Waals surface area (Å²) in [7, 11) is 0. The van der Waals surface area contributed by atoms with Crippen LogP contribution in [0.25, 0.3) is 0 Å². The van der Waals surface area contributed by atoms with E-state index in [-0.39, 0.29) is 19.6 Å². The number of Topliss-reactive ketones (excluding diaryl/α,β-unsaturated/α-hetero) is 1. The predicted molar refractivity (Wildman–Crippen MR) is 241 cm³/mol. The van der Waals surface area contributed by atoms with Crippen molar-refractivity contribution >= 4 is 35.7 Å². The van der Waals surface area contributed by atoms with Crippen LogP contribution in [0.3, 0.4) is 0 Å². The maximum Gasteiger partial charge on any atom is 0.408 e. The van der Waals surface area contributed by atoms with Crippen molar-refractivity contribution in [1.29, 1.82) is 0 Å². The van der Waals surface area contributed by atoms with Crippen LogP contribution in [0.5, 0.6) is 0 Å². The molecular weight excluding hydrogens is 817 g/mol. The number of carbonyl (C=O) groups is 6. The molecule has 3 N–H and O–H groups in total. The van der Waals surface area contributed by atoms with Crippen molar-refractivity contribution in [3.63, 3.8) is 0 Å². The highest BCUT2D eigenvalue weighted by molar-refractivity contribution is 5.96. The summed E-state index contributed by atoms with van der Waals surface area (Å²) in [6, 6.07) is 32.7. The van der Waals surface area contributed by atoms with Crippen LogP contribution >= 0.6 is 0 Å². The normalized spacial score (nSPS) is 12.0. The lowest BCUT2D eigenvalue weighted by atomic mass is 10.00. The summed E-state index contributed by atoms with van der Waals surface area (Å²) >= 11 is 0. The number of amides is 2. The summed E-state index contributed by atoms with van der Waals surface area (Å²) in [5.41, 5.74) is 8.68. The molecule has 336 valence electrons. The second-order valence-corrected chi connectivity index (χ2v) is 15.5. The van der Waals surface area contributed by atoms with Gasteiger partial charge in [0.25, 0.3) is 0 Å². The number of alkyl carbamates (subject to hydrolysis) is 1. The van der Waals surface area contributed by atoms with Crippen molar-refractivity contribution in [3.8, 4) is 0 Å². The average molecular weight is 873 g/mol. The third-order valence-corrected chi connectivity index (χ3v) is 9.98. The number of ketones is 1. The fourth-order valence-electron chi connectivity index (χ4n) is 6.98. The number of ether oxygens (including phenoxy) is 4. The molecule has 13 nitrogen and oxygen atoms in total. The molecule has 0 aliphatic rings. The van der Waals surface area contributed by atoms with Crippen molar-refractivity contribution in [2.24, 2.45) is 0 Å². The number of hydrogen-bond acceptors (Lipinski definition) is 10. The Hall–Kier alpha value is -7.12. The van der Waals surface area contributed by atoms with E-state index in [9.17, 15) is 33.9 Å². The van der Waals surface area contributed by atoms with E-state index in [0.29, 0.717) is 11.1 Å². The molecule has 0 aliphatic carbocycles. The van der Waals surface area contributed by atoms with Crippen molar-refractivity contribution in [2.45, 2.75) is 86.3 Å². The Morgan fingerprint density at radius 1 is 0.547 bits per heavy atom. The molecule has 0 aromatic heterocycles. The molecule has 0 saturated carbocycles. The van der Waals surface area contributed by atoms with Crippen molar-refractivity contribution < 1.29 is 52.8 Å². The van der Waals surface area contributed by atoms with Crippen molar-refractivity contribution in [2.75, 3.05) is 13.2 Å². The number of hydrogen-bond donors (Lipinski definition) is 3. The molecule has 64 heavy (non-hydrogen) atoms. The minimum atomic E-state index is -1.32. The lowest BCUT2D eigenvalue weighted by Crippen LogP contribution is -2.55. The van der Waals surface area contributed by atoms with Crippen LogP contribution in [0.2, 0.25) is 0 Å². The van der Waals surface area contributed by atoms with Gasteiger partial charge in [-0.2, -0.15) is 0 Å². The number of carboxylic acids is 1. The summed E-state index contributed by atoms with van der Waals surface area (Å²) in [5.74, 6) is -3.49. The Labute approximate surface area is 374 Å². The highest BCUT2D eigenvalue weighted by Gasteiger charge is 2.31. The van der Waals surface area contributed by atoms with Crippen LogP contribution in [0.4, 0.5) is 4.79 Å².